The average Bonchev–Trinajstić information content (AvgIpc) is 3.03. The van der Waals surface area contributed by atoms with Gasteiger partial charge in [0.05, 0.1) is 12.1 Å². The van der Waals surface area contributed by atoms with Gasteiger partial charge in [-0.3, -0.25) is 9.59 Å². The molecule has 24 heavy (non-hydrogen) atoms. The summed E-state index contributed by atoms with van der Waals surface area (Å²) in [6, 6.07) is 10.5. The zero-order valence-electron chi connectivity index (χ0n) is 13.7. The summed E-state index contributed by atoms with van der Waals surface area (Å²) >= 11 is 0. The second kappa shape index (κ2) is 9.10. The van der Waals surface area contributed by atoms with Crippen LogP contribution in [0.2, 0.25) is 0 Å². The van der Waals surface area contributed by atoms with E-state index >= 15 is 0 Å². The first-order valence-electron chi connectivity index (χ1n) is 7.34. The molecule has 2 rings (SSSR count). The summed E-state index contributed by atoms with van der Waals surface area (Å²) in [4.78, 5) is 26.1. The quantitative estimate of drug-likeness (QED) is 0.827. The minimum Gasteiger partial charge on any atom is -0.467 e. The molecule has 1 heterocycles. The van der Waals surface area contributed by atoms with Gasteiger partial charge < -0.3 is 20.4 Å². The number of nitrogens with one attached hydrogen (secondary N) is 1. The Morgan fingerprint density at radius 1 is 1.25 bits per heavy atom. The lowest BCUT2D eigenvalue weighted by molar-refractivity contribution is -0.130. The summed E-state index contributed by atoms with van der Waals surface area (Å²) in [7, 11) is 3.33. The molecule has 1 aromatic heterocycles. The molecule has 1 atom stereocenters. The third kappa shape index (κ3) is 5.11. The summed E-state index contributed by atoms with van der Waals surface area (Å²) in [6.07, 6.45) is 1.77. The fourth-order valence-electron chi connectivity index (χ4n) is 2.21. The van der Waals surface area contributed by atoms with E-state index in [1.165, 1.54) is 11.2 Å². The van der Waals surface area contributed by atoms with Crippen molar-refractivity contribution >= 4 is 24.2 Å². The van der Waals surface area contributed by atoms with Crippen molar-refractivity contribution in [2.45, 2.75) is 19.0 Å². The fourth-order valence-corrected chi connectivity index (χ4v) is 2.21. The number of carbonyl (C=O) groups is 2. The molecule has 0 aliphatic carbocycles. The van der Waals surface area contributed by atoms with Crippen LogP contribution < -0.4 is 11.1 Å². The third-order valence-electron chi connectivity index (χ3n) is 3.44. The van der Waals surface area contributed by atoms with Gasteiger partial charge in [-0.15, -0.1) is 12.4 Å². The number of furan rings is 1. The van der Waals surface area contributed by atoms with E-state index in [4.69, 9.17) is 10.2 Å². The summed E-state index contributed by atoms with van der Waals surface area (Å²) in [5, 5.41) is 2.77. The number of nitrogens with two attached hydrogens (primary N) is 1. The molecule has 1 aromatic carbocycles. The van der Waals surface area contributed by atoms with Crippen LogP contribution in [0.5, 0.6) is 0 Å². The van der Waals surface area contributed by atoms with E-state index in [1.54, 1.807) is 20.2 Å². The second-order valence-electron chi connectivity index (χ2n) is 5.45. The van der Waals surface area contributed by atoms with E-state index < -0.39 is 6.04 Å². The van der Waals surface area contributed by atoms with E-state index in [0.717, 1.165) is 5.56 Å². The van der Waals surface area contributed by atoms with Crippen molar-refractivity contribution in [3.05, 3.63) is 59.5 Å². The van der Waals surface area contributed by atoms with Gasteiger partial charge in [-0.25, -0.2) is 0 Å². The van der Waals surface area contributed by atoms with Crippen molar-refractivity contribution in [3.63, 3.8) is 0 Å². The Labute approximate surface area is 147 Å². The number of nitrogens with zero attached hydrogens (tertiary/aromatic N) is 1. The number of amides is 2. The van der Waals surface area contributed by atoms with Crippen LogP contribution in [-0.2, 0) is 17.8 Å². The Balaban J connectivity index is 0.00000288. The lowest BCUT2D eigenvalue weighted by Crippen LogP contribution is -2.47. The lowest BCUT2D eigenvalue weighted by Gasteiger charge is -2.21. The maximum Gasteiger partial charge on any atom is 0.255 e. The molecule has 6 nitrogen and oxygen atoms in total. The van der Waals surface area contributed by atoms with Gasteiger partial charge in [0.25, 0.3) is 5.91 Å². The van der Waals surface area contributed by atoms with Crippen LogP contribution >= 0.6 is 12.4 Å². The van der Waals surface area contributed by atoms with Crippen LogP contribution in [-0.4, -0.2) is 36.9 Å². The summed E-state index contributed by atoms with van der Waals surface area (Å²) in [5.41, 5.74) is 6.80. The number of carbonyl (C=O) groups excluding carboxylic acids is 2. The molecular weight excluding hydrogens is 330 g/mol. The van der Waals surface area contributed by atoms with Crippen molar-refractivity contribution in [2.75, 3.05) is 14.1 Å². The van der Waals surface area contributed by atoms with Gasteiger partial charge in [-0.1, -0.05) is 30.3 Å². The number of likely N-dealkylation sites (N-methyl/N-ethyl adjacent to an activating group) is 1. The molecule has 0 fully saturated rings. The van der Waals surface area contributed by atoms with Crippen LogP contribution in [0.25, 0.3) is 0 Å². The van der Waals surface area contributed by atoms with E-state index in [9.17, 15) is 9.59 Å². The predicted molar refractivity (Wildman–Crippen MR) is 93.9 cm³/mol. The van der Waals surface area contributed by atoms with Gasteiger partial charge in [0, 0.05) is 20.5 Å². The zero-order chi connectivity index (χ0) is 16.8. The largest absolute Gasteiger partial charge is 0.467 e. The number of benzene rings is 1. The molecule has 0 bridgehead atoms. The molecule has 0 saturated heterocycles. The first kappa shape index (κ1) is 19.7. The fraction of sp³-hybridized carbons (Fsp3) is 0.294. The first-order chi connectivity index (χ1) is 11.0. The number of hydrogen-bond acceptors (Lipinski definition) is 4. The Morgan fingerprint density at radius 2 is 1.92 bits per heavy atom. The number of halogens is 1. The maximum atomic E-state index is 12.3. The van der Waals surface area contributed by atoms with Gasteiger partial charge in [0.15, 0.2) is 0 Å². The molecule has 0 spiro atoms. The molecule has 0 aliphatic heterocycles. The van der Waals surface area contributed by atoms with Crippen LogP contribution in [0.3, 0.4) is 0 Å². The predicted octanol–water partition coefficient (Wildman–Crippen LogP) is 1.59. The van der Waals surface area contributed by atoms with Gasteiger partial charge >= 0.3 is 0 Å². The normalized spacial score (nSPS) is 11.3. The van der Waals surface area contributed by atoms with Gasteiger partial charge in [-0.05, 0) is 11.6 Å². The molecule has 0 saturated carbocycles. The highest BCUT2D eigenvalue weighted by Crippen LogP contribution is 2.09. The topological polar surface area (TPSA) is 88.6 Å². The van der Waals surface area contributed by atoms with E-state index in [1.807, 2.05) is 30.3 Å². The Hall–Kier alpha value is -2.31. The Kier molecular flexibility index (Phi) is 7.48. The van der Waals surface area contributed by atoms with Gasteiger partial charge in [0.1, 0.15) is 18.1 Å². The van der Waals surface area contributed by atoms with Crippen LogP contribution in [0.1, 0.15) is 21.7 Å². The highest BCUT2D eigenvalue weighted by Gasteiger charge is 2.24. The van der Waals surface area contributed by atoms with Gasteiger partial charge in [0.2, 0.25) is 5.91 Å². The number of hydrogen-bond donors (Lipinski definition) is 2. The molecule has 1 unspecified atom stereocenters. The molecule has 130 valence electrons. The highest BCUT2D eigenvalue weighted by atomic mass is 35.5. The molecule has 3 N–H and O–H groups in total. The van der Waals surface area contributed by atoms with Crippen LogP contribution in [0.4, 0.5) is 0 Å². The summed E-state index contributed by atoms with van der Waals surface area (Å²) in [6.45, 7) is 0.220. The molecule has 2 aromatic rings. The highest BCUT2D eigenvalue weighted by molar-refractivity contribution is 5.97. The van der Waals surface area contributed by atoms with Crippen molar-refractivity contribution in [1.29, 1.82) is 0 Å². The Bertz CT molecular complexity index is 671. The van der Waals surface area contributed by atoms with Crippen LogP contribution in [0, 0.1) is 0 Å². The molecule has 0 radical (unpaired) electrons. The van der Waals surface area contributed by atoms with Crippen molar-refractivity contribution < 1.29 is 14.0 Å². The lowest BCUT2D eigenvalue weighted by atomic mass is 10.0. The Morgan fingerprint density at radius 3 is 2.46 bits per heavy atom. The van der Waals surface area contributed by atoms with Crippen LogP contribution in [0.15, 0.2) is 47.1 Å². The van der Waals surface area contributed by atoms with E-state index in [0.29, 0.717) is 17.7 Å². The molecular formula is C17H22ClN3O3. The minimum atomic E-state index is -0.642. The van der Waals surface area contributed by atoms with E-state index in [2.05, 4.69) is 5.32 Å². The molecule has 2 amide bonds. The first-order valence-corrected chi connectivity index (χ1v) is 7.34. The molecule has 7 heteroatoms. The average molecular weight is 352 g/mol. The summed E-state index contributed by atoms with van der Waals surface area (Å²) in [5.74, 6) is 0.00280. The van der Waals surface area contributed by atoms with E-state index in [-0.39, 0.29) is 30.8 Å². The second-order valence-corrected chi connectivity index (χ2v) is 5.45. The monoisotopic (exact) mass is 351 g/mol. The van der Waals surface area contributed by atoms with Crippen molar-refractivity contribution in [1.82, 2.24) is 10.2 Å². The SMILES string of the molecule is CN(C)C(=O)C(Cc1ccccc1)NC(=O)c1coc(CN)c1.Cl. The molecule has 0 aliphatic rings. The zero-order valence-corrected chi connectivity index (χ0v) is 14.5. The maximum absolute atomic E-state index is 12.3. The summed E-state index contributed by atoms with van der Waals surface area (Å²) < 4.78 is 5.16. The number of rotatable bonds is 6. The van der Waals surface area contributed by atoms with Gasteiger partial charge in [-0.2, -0.15) is 0 Å². The van der Waals surface area contributed by atoms with Crippen molar-refractivity contribution in [3.8, 4) is 0 Å². The third-order valence-corrected chi connectivity index (χ3v) is 3.44. The van der Waals surface area contributed by atoms with Crippen molar-refractivity contribution in [2.24, 2.45) is 5.73 Å². The standard InChI is InChI=1S/C17H21N3O3.ClH/c1-20(2)17(22)15(8-12-6-4-3-5-7-12)19-16(21)13-9-14(10-18)23-11-13;/h3-7,9,11,15H,8,10,18H2,1-2H3,(H,19,21);1H. The smallest absolute Gasteiger partial charge is 0.255 e. The minimum absolute atomic E-state index is 0.